The van der Waals surface area contributed by atoms with E-state index >= 15 is 0 Å². The molecule has 6 nitrogen and oxygen atoms in total. The highest BCUT2D eigenvalue weighted by molar-refractivity contribution is 5.85. The molecular weight excluding hydrogens is 392 g/mol. The largest absolute Gasteiger partial charge is 0.446 e. The summed E-state index contributed by atoms with van der Waals surface area (Å²) in [6.45, 7) is 9.68. The van der Waals surface area contributed by atoms with E-state index in [-0.39, 0.29) is 24.1 Å². The van der Waals surface area contributed by atoms with Crippen molar-refractivity contribution in [3.05, 3.63) is 35.4 Å². The van der Waals surface area contributed by atoms with Crippen LogP contribution >= 0.6 is 0 Å². The van der Waals surface area contributed by atoms with Gasteiger partial charge in [-0.25, -0.2) is 4.79 Å². The molecule has 2 N–H and O–H groups in total. The first-order chi connectivity index (χ1) is 14.4. The van der Waals surface area contributed by atoms with E-state index in [4.69, 9.17) is 4.74 Å². The van der Waals surface area contributed by atoms with E-state index in [2.05, 4.69) is 17.2 Å². The van der Waals surface area contributed by atoms with Crippen molar-refractivity contribution >= 4 is 12.0 Å². The van der Waals surface area contributed by atoms with Crippen molar-refractivity contribution in [2.24, 2.45) is 5.41 Å². The molecule has 1 heterocycles. The number of carbonyl (C=O) groups excluding carboxylic acids is 2. The summed E-state index contributed by atoms with van der Waals surface area (Å²) in [4.78, 5) is 26.5. The molecule has 1 aliphatic heterocycles. The number of hydrogen-bond donors (Lipinski definition) is 2. The summed E-state index contributed by atoms with van der Waals surface area (Å²) in [5, 5.41) is 13.0. The van der Waals surface area contributed by atoms with Crippen LogP contribution in [0.25, 0.3) is 0 Å². The van der Waals surface area contributed by atoms with Crippen molar-refractivity contribution in [1.29, 1.82) is 0 Å². The Hall–Kier alpha value is -2.52. The zero-order valence-electron chi connectivity index (χ0n) is 19.2. The average molecular weight is 427 g/mol. The van der Waals surface area contributed by atoms with E-state index in [9.17, 15) is 14.7 Å². The van der Waals surface area contributed by atoms with Crippen LogP contribution in [0, 0.1) is 17.3 Å². The smallest absolute Gasteiger partial charge is 0.410 e. The molecule has 1 saturated carbocycles. The standard InChI is InChI=1S/C25H34N2O4/c1-17(27-15-13-21(31-23(27)29)16-25(4,5)30)19-8-6-18(7-9-19)12-14-24(2,3)22(28)26-20-10-11-20/h6-9,17,20-21,30H,10-11,13,15-16H2,1-5H3,(H,26,28). The van der Waals surface area contributed by atoms with Gasteiger partial charge >= 0.3 is 6.09 Å². The third kappa shape index (κ3) is 6.48. The van der Waals surface area contributed by atoms with E-state index in [0.717, 1.165) is 24.0 Å². The molecule has 2 atom stereocenters. The lowest BCUT2D eigenvalue weighted by atomic mass is 9.92. The molecule has 1 aliphatic carbocycles. The van der Waals surface area contributed by atoms with Gasteiger partial charge in [0.05, 0.1) is 11.6 Å². The van der Waals surface area contributed by atoms with Crippen LogP contribution in [-0.2, 0) is 9.53 Å². The van der Waals surface area contributed by atoms with Gasteiger partial charge in [-0.05, 0) is 65.2 Å². The van der Waals surface area contributed by atoms with Crippen LogP contribution in [-0.4, -0.2) is 46.3 Å². The van der Waals surface area contributed by atoms with E-state index in [1.165, 1.54) is 0 Å². The Morgan fingerprint density at radius 3 is 2.42 bits per heavy atom. The van der Waals surface area contributed by atoms with Crippen molar-refractivity contribution < 1.29 is 19.4 Å². The summed E-state index contributed by atoms with van der Waals surface area (Å²) in [5.74, 6) is 6.16. The van der Waals surface area contributed by atoms with Gasteiger partial charge in [0.2, 0.25) is 5.91 Å². The lowest BCUT2D eigenvalue weighted by Crippen LogP contribution is -2.45. The zero-order chi connectivity index (χ0) is 22.8. The second kappa shape index (κ2) is 8.92. The van der Waals surface area contributed by atoms with Gasteiger partial charge in [0, 0.05) is 31.0 Å². The fraction of sp³-hybridized carbons (Fsp3) is 0.600. The molecule has 1 aromatic carbocycles. The molecule has 2 fully saturated rings. The SMILES string of the molecule is CC(c1ccc(C#CC(C)(C)C(=O)NC2CC2)cc1)N1CCC(CC(C)(C)O)OC1=O. The van der Waals surface area contributed by atoms with Gasteiger partial charge in [-0.15, -0.1) is 0 Å². The van der Waals surface area contributed by atoms with Gasteiger partial charge in [0.25, 0.3) is 0 Å². The highest BCUT2D eigenvalue weighted by Gasteiger charge is 2.34. The number of ether oxygens (including phenoxy) is 1. The highest BCUT2D eigenvalue weighted by atomic mass is 16.6. The van der Waals surface area contributed by atoms with Gasteiger partial charge in [-0.2, -0.15) is 0 Å². The Bertz CT molecular complexity index is 870. The van der Waals surface area contributed by atoms with Crippen LogP contribution in [0.5, 0.6) is 0 Å². The molecule has 2 unspecified atom stereocenters. The average Bonchev–Trinajstić information content (AvgIpc) is 3.49. The molecule has 31 heavy (non-hydrogen) atoms. The first-order valence-corrected chi connectivity index (χ1v) is 11.1. The molecule has 2 amide bonds. The second-order valence-corrected chi connectivity index (χ2v) is 9.93. The molecule has 1 saturated heterocycles. The number of amides is 2. The maximum Gasteiger partial charge on any atom is 0.410 e. The second-order valence-electron chi connectivity index (χ2n) is 9.93. The Kier molecular flexibility index (Phi) is 6.66. The Morgan fingerprint density at radius 2 is 1.87 bits per heavy atom. The number of cyclic esters (lactones) is 1. The third-order valence-corrected chi connectivity index (χ3v) is 5.78. The Morgan fingerprint density at radius 1 is 1.23 bits per heavy atom. The summed E-state index contributed by atoms with van der Waals surface area (Å²) in [7, 11) is 0. The predicted molar refractivity (Wildman–Crippen MR) is 119 cm³/mol. The lowest BCUT2D eigenvalue weighted by molar-refractivity contribution is -0.126. The molecule has 0 radical (unpaired) electrons. The number of benzene rings is 1. The minimum atomic E-state index is -0.858. The summed E-state index contributed by atoms with van der Waals surface area (Å²) >= 11 is 0. The van der Waals surface area contributed by atoms with Gasteiger partial charge in [0.15, 0.2) is 0 Å². The fourth-order valence-electron chi connectivity index (χ4n) is 3.60. The quantitative estimate of drug-likeness (QED) is 0.679. The molecule has 3 rings (SSSR count). The van der Waals surface area contributed by atoms with Gasteiger partial charge in [-0.1, -0.05) is 24.0 Å². The van der Waals surface area contributed by atoms with Crippen molar-refractivity contribution in [3.8, 4) is 11.8 Å². The monoisotopic (exact) mass is 426 g/mol. The first kappa shape index (κ1) is 23.1. The lowest BCUT2D eigenvalue weighted by Gasteiger charge is -2.37. The van der Waals surface area contributed by atoms with E-state index in [0.29, 0.717) is 25.4 Å². The van der Waals surface area contributed by atoms with Crippen LogP contribution in [0.1, 0.15) is 77.5 Å². The minimum Gasteiger partial charge on any atom is -0.446 e. The number of nitrogens with zero attached hydrogens (tertiary/aromatic N) is 1. The summed E-state index contributed by atoms with van der Waals surface area (Å²) < 4.78 is 5.54. The molecule has 2 aliphatic rings. The summed E-state index contributed by atoms with van der Waals surface area (Å²) in [6, 6.07) is 7.95. The van der Waals surface area contributed by atoms with Crippen molar-refractivity contribution in [1.82, 2.24) is 10.2 Å². The predicted octanol–water partition coefficient (Wildman–Crippen LogP) is 3.78. The summed E-state index contributed by atoms with van der Waals surface area (Å²) in [6.07, 6.45) is 2.64. The van der Waals surface area contributed by atoms with Crippen LogP contribution in [0.4, 0.5) is 4.79 Å². The van der Waals surface area contributed by atoms with Crippen molar-refractivity contribution in [2.45, 2.75) is 84.1 Å². The van der Waals surface area contributed by atoms with Crippen LogP contribution in [0.3, 0.4) is 0 Å². The van der Waals surface area contributed by atoms with E-state index < -0.39 is 11.0 Å². The number of carbonyl (C=O) groups is 2. The van der Waals surface area contributed by atoms with Crippen LogP contribution < -0.4 is 5.32 Å². The molecule has 0 spiro atoms. The Balaban J connectivity index is 1.60. The molecule has 0 bridgehead atoms. The minimum absolute atomic E-state index is 0.0285. The van der Waals surface area contributed by atoms with Crippen molar-refractivity contribution in [2.75, 3.05) is 6.54 Å². The fourth-order valence-corrected chi connectivity index (χ4v) is 3.60. The normalized spacial score (nSPS) is 20.4. The molecule has 168 valence electrons. The third-order valence-electron chi connectivity index (χ3n) is 5.78. The van der Waals surface area contributed by atoms with Gasteiger partial charge in [0.1, 0.15) is 11.5 Å². The topological polar surface area (TPSA) is 78.9 Å². The van der Waals surface area contributed by atoms with Gasteiger partial charge < -0.3 is 20.1 Å². The highest BCUT2D eigenvalue weighted by Crippen LogP contribution is 2.28. The number of hydrogen-bond acceptors (Lipinski definition) is 4. The maximum atomic E-state index is 12.5. The van der Waals surface area contributed by atoms with Crippen molar-refractivity contribution in [3.63, 3.8) is 0 Å². The van der Waals surface area contributed by atoms with Crippen LogP contribution in [0.15, 0.2) is 24.3 Å². The molecular formula is C25H34N2O4. The maximum absolute atomic E-state index is 12.5. The number of aliphatic hydroxyl groups is 1. The number of rotatable bonds is 6. The molecule has 0 aromatic heterocycles. The van der Waals surface area contributed by atoms with E-state index in [1.54, 1.807) is 18.7 Å². The van der Waals surface area contributed by atoms with E-state index in [1.807, 2.05) is 45.0 Å². The molecule has 1 aromatic rings. The molecule has 6 heteroatoms. The Labute approximate surface area is 185 Å². The van der Waals surface area contributed by atoms with Crippen LogP contribution in [0.2, 0.25) is 0 Å². The first-order valence-electron chi connectivity index (χ1n) is 11.1. The zero-order valence-corrected chi connectivity index (χ0v) is 19.2. The van der Waals surface area contributed by atoms with Gasteiger partial charge in [-0.3, -0.25) is 4.79 Å². The summed E-state index contributed by atoms with van der Waals surface area (Å²) in [5.41, 5.74) is 0.220. The number of nitrogens with one attached hydrogen (secondary N) is 1.